The van der Waals surface area contributed by atoms with Crippen molar-refractivity contribution in [2.45, 2.75) is 209 Å². The lowest BCUT2D eigenvalue weighted by atomic mass is 9.89. The summed E-state index contributed by atoms with van der Waals surface area (Å²) in [5.74, 6) is -5.30. The number of hydrogen-bond acceptors (Lipinski definition) is 10. The van der Waals surface area contributed by atoms with Crippen LogP contribution in [0, 0.1) is 5.92 Å². The monoisotopic (exact) mass is 636 g/mol. The van der Waals surface area contributed by atoms with Crippen molar-refractivity contribution >= 4 is 5.97 Å². The maximum Gasteiger partial charge on any atom is 0.391 e. The molecule has 0 radical (unpaired) electrons. The molecule has 0 N–H and O–H groups in total. The Morgan fingerprint density at radius 3 is 1.30 bits per heavy atom. The number of esters is 1. The van der Waals surface area contributed by atoms with Crippen LogP contribution in [0.25, 0.3) is 0 Å². The van der Waals surface area contributed by atoms with Gasteiger partial charge in [0.05, 0.1) is 24.4 Å². The van der Waals surface area contributed by atoms with E-state index in [2.05, 4.69) is 34.6 Å². The Morgan fingerprint density at radius 2 is 0.955 bits per heavy atom. The predicted octanol–water partition coefficient (Wildman–Crippen LogP) is 9.83. The number of rotatable bonds is 30. The van der Waals surface area contributed by atoms with Crippen LogP contribution in [0.2, 0.25) is 0 Å². The molecule has 10 nitrogen and oxygen atoms in total. The van der Waals surface area contributed by atoms with Crippen molar-refractivity contribution in [3.8, 4) is 0 Å². The van der Waals surface area contributed by atoms with Gasteiger partial charge >= 0.3 is 11.9 Å². The molecule has 264 valence electrons. The van der Waals surface area contributed by atoms with Gasteiger partial charge in [0.15, 0.2) is 0 Å². The van der Waals surface area contributed by atoms with E-state index in [0.29, 0.717) is 38.5 Å². The summed E-state index contributed by atoms with van der Waals surface area (Å²) in [7, 11) is 0. The second-order valence-electron chi connectivity index (χ2n) is 12.2. The zero-order valence-corrected chi connectivity index (χ0v) is 30.1. The second-order valence-corrected chi connectivity index (χ2v) is 12.2. The first-order valence-electron chi connectivity index (χ1n) is 17.6. The molecule has 0 saturated carbocycles. The Morgan fingerprint density at radius 1 is 0.545 bits per heavy atom. The summed E-state index contributed by atoms with van der Waals surface area (Å²) < 4.78 is 6.15. The lowest BCUT2D eigenvalue weighted by Crippen LogP contribution is -2.60. The van der Waals surface area contributed by atoms with Crippen molar-refractivity contribution in [2.75, 3.05) is 0 Å². The number of carbonyl (C=O) groups is 1. The maximum atomic E-state index is 13.4. The highest BCUT2D eigenvalue weighted by atomic mass is 17.4. The van der Waals surface area contributed by atoms with Gasteiger partial charge in [0.25, 0.3) is 0 Å². The summed E-state index contributed by atoms with van der Waals surface area (Å²) in [6.45, 7) is 21.9. The van der Waals surface area contributed by atoms with E-state index in [1.165, 1.54) is 0 Å². The van der Waals surface area contributed by atoms with E-state index >= 15 is 0 Å². The van der Waals surface area contributed by atoms with E-state index in [1.54, 1.807) is 0 Å². The molecule has 0 aliphatic rings. The third kappa shape index (κ3) is 16.6. The molecule has 44 heavy (non-hydrogen) atoms. The smallest absolute Gasteiger partial charge is 0.391 e. The van der Waals surface area contributed by atoms with Gasteiger partial charge in [0, 0.05) is 12.8 Å². The maximum absolute atomic E-state index is 13.4. The normalized spacial score (nSPS) is 18.2. The summed E-state index contributed by atoms with van der Waals surface area (Å²) in [5.41, 5.74) is 0. The van der Waals surface area contributed by atoms with Gasteiger partial charge in [-0.25, -0.2) is 19.6 Å². The van der Waals surface area contributed by atoms with Crippen molar-refractivity contribution in [1.82, 2.24) is 0 Å². The molecule has 0 rings (SSSR count). The summed E-state index contributed by atoms with van der Waals surface area (Å²) in [4.78, 5) is 61.8. The number of hydrogen-bond donors (Lipinski definition) is 0. The quantitative estimate of drug-likeness (QED) is 0.0249. The van der Waals surface area contributed by atoms with E-state index in [0.717, 1.165) is 51.4 Å². The molecule has 5 unspecified atom stereocenters. The lowest BCUT2D eigenvalue weighted by molar-refractivity contribution is -0.626. The van der Waals surface area contributed by atoms with Crippen LogP contribution in [0.4, 0.5) is 0 Å². The van der Waals surface area contributed by atoms with E-state index < -0.39 is 23.6 Å². The highest BCUT2D eigenvalue weighted by Gasteiger charge is 2.61. The molecule has 10 heteroatoms. The third-order valence-corrected chi connectivity index (χ3v) is 7.35. The molecule has 0 saturated heterocycles. The van der Waals surface area contributed by atoms with Crippen molar-refractivity contribution in [3.05, 3.63) is 0 Å². The average Bonchev–Trinajstić information content (AvgIpc) is 2.98. The predicted molar refractivity (Wildman–Crippen MR) is 171 cm³/mol. The zero-order chi connectivity index (χ0) is 33.4. The third-order valence-electron chi connectivity index (χ3n) is 7.35. The van der Waals surface area contributed by atoms with Crippen LogP contribution in [0.1, 0.15) is 172 Å². The molecule has 0 spiro atoms. The molecule has 0 heterocycles. The first kappa shape index (κ1) is 43.1. The highest BCUT2D eigenvalue weighted by molar-refractivity contribution is 5.69. The summed E-state index contributed by atoms with van der Waals surface area (Å²) in [6, 6.07) is 0. The molecule has 0 aliphatic heterocycles. The topological polar surface area (TPSA) is 100 Å². The Labute approximate surface area is 269 Å². The van der Waals surface area contributed by atoms with Gasteiger partial charge in [0.1, 0.15) is 5.92 Å². The Hall–Kier alpha value is -0.850. The molecule has 0 aliphatic carbocycles. The summed E-state index contributed by atoms with van der Waals surface area (Å²) in [6.07, 6.45) is 9.30. The summed E-state index contributed by atoms with van der Waals surface area (Å²) >= 11 is 0. The minimum Gasteiger partial charge on any atom is -0.404 e. The molecule has 0 amide bonds. The van der Waals surface area contributed by atoms with E-state index in [1.807, 2.05) is 41.5 Å². The average molecular weight is 637 g/mol. The highest BCUT2D eigenvalue weighted by Crippen LogP contribution is 2.44. The molecule has 0 bridgehead atoms. The Balaban J connectivity index is 7.06. The number of carbonyl (C=O) groups excluding carboxylic acids is 1. The molecule has 0 aromatic rings. The first-order valence-corrected chi connectivity index (χ1v) is 17.6. The van der Waals surface area contributed by atoms with E-state index in [-0.39, 0.29) is 30.8 Å². The minimum absolute atomic E-state index is 0.171. The van der Waals surface area contributed by atoms with Crippen LogP contribution in [-0.4, -0.2) is 42.1 Å². The second kappa shape index (κ2) is 25.3. The van der Waals surface area contributed by atoms with Gasteiger partial charge < -0.3 is 4.74 Å². The molecular weight excluding hydrogens is 568 g/mol. The molecule has 0 aromatic carbocycles. The Bertz CT molecular complexity index is 659. The van der Waals surface area contributed by atoms with Crippen LogP contribution in [0.5, 0.6) is 0 Å². The van der Waals surface area contributed by atoms with Gasteiger partial charge in [-0.05, 0) is 66.2 Å². The van der Waals surface area contributed by atoms with Gasteiger partial charge in [-0.1, -0.05) is 93.4 Å². The fourth-order valence-electron chi connectivity index (χ4n) is 4.97. The van der Waals surface area contributed by atoms with Crippen LogP contribution >= 0.6 is 0 Å². The van der Waals surface area contributed by atoms with E-state index in [9.17, 15) is 4.79 Å². The van der Waals surface area contributed by atoms with Gasteiger partial charge in [-0.15, -0.1) is 0 Å². The fraction of sp³-hybridized carbons (Fsp3) is 0.971. The molecular formula is C34H68O10. The molecule has 0 fully saturated rings. The van der Waals surface area contributed by atoms with Crippen molar-refractivity contribution < 1.29 is 48.6 Å². The lowest BCUT2D eigenvalue weighted by Gasteiger charge is -2.45. The fourth-order valence-corrected chi connectivity index (χ4v) is 4.97. The summed E-state index contributed by atoms with van der Waals surface area (Å²) in [5, 5.41) is 0. The van der Waals surface area contributed by atoms with Crippen LogP contribution in [0.3, 0.4) is 0 Å². The number of ether oxygens (including phenoxy) is 1. The van der Waals surface area contributed by atoms with E-state index in [4.69, 9.17) is 43.8 Å². The first-order chi connectivity index (χ1) is 21.0. The van der Waals surface area contributed by atoms with Gasteiger partial charge in [-0.3, -0.25) is 4.79 Å². The van der Waals surface area contributed by atoms with Crippen LogP contribution < -0.4 is 0 Å². The standard InChI is InChI=1S/C34H68O10/c1-12-19-20-25-32(35)36-34(43-39-29(10)23-15-4,44-40-30(11)24-16-5)31(18-7)33(26-17-6,41-37-27(8)21-13-2)42-38-28(9)22-14-3/h27-31H,12-26H2,1-11H3. The Kier molecular flexibility index (Phi) is 24.8. The van der Waals surface area contributed by atoms with Crippen molar-refractivity contribution in [2.24, 2.45) is 5.92 Å². The molecule has 0 aromatic heterocycles. The van der Waals surface area contributed by atoms with Crippen LogP contribution in [0.15, 0.2) is 0 Å². The molecule has 5 atom stereocenters. The minimum atomic E-state index is -2.20. The van der Waals surface area contributed by atoms with Gasteiger partial charge in [-0.2, -0.15) is 19.6 Å². The SMILES string of the molecule is CCCCCC(=O)OC(OOC(C)CCC)(OOC(C)CCC)C(CC)C(CCC)(OOC(C)CCC)OOC(C)CCC. The van der Waals surface area contributed by atoms with Gasteiger partial charge in [0.2, 0.25) is 5.79 Å². The van der Waals surface area contributed by atoms with Crippen molar-refractivity contribution in [3.63, 3.8) is 0 Å². The zero-order valence-electron chi connectivity index (χ0n) is 30.1. The largest absolute Gasteiger partial charge is 0.404 e. The van der Waals surface area contributed by atoms with Crippen LogP contribution in [-0.2, 0) is 48.6 Å². The number of unbranched alkanes of at least 4 members (excludes halogenated alkanes) is 2. The van der Waals surface area contributed by atoms with Crippen molar-refractivity contribution in [1.29, 1.82) is 0 Å².